The van der Waals surface area contributed by atoms with E-state index in [-0.39, 0.29) is 0 Å². The summed E-state index contributed by atoms with van der Waals surface area (Å²) in [4.78, 5) is 2.60. The molecule has 3 nitrogen and oxygen atoms in total. The molecular weight excluding hydrogens is 290 g/mol. The van der Waals surface area contributed by atoms with Crippen molar-refractivity contribution in [3.8, 4) is 0 Å². The fraction of sp³-hybridized carbons (Fsp3) is 0.786. The maximum absolute atomic E-state index is 4.48. The van der Waals surface area contributed by atoms with Crippen LogP contribution in [0, 0.1) is 18.8 Å². The summed E-state index contributed by atoms with van der Waals surface area (Å²) in [6.07, 6.45) is 1.35. The average molecular weight is 314 g/mol. The zero-order valence-corrected chi connectivity index (χ0v) is 13.7. The van der Waals surface area contributed by atoms with Crippen LogP contribution in [0.25, 0.3) is 0 Å². The number of aromatic nitrogens is 2. The van der Waals surface area contributed by atoms with Crippen LogP contribution in [-0.4, -0.2) is 27.3 Å². The fourth-order valence-corrected chi connectivity index (χ4v) is 3.55. The van der Waals surface area contributed by atoms with Crippen molar-refractivity contribution in [1.82, 2.24) is 14.7 Å². The van der Waals surface area contributed by atoms with Crippen molar-refractivity contribution in [3.05, 3.63) is 15.9 Å². The molecule has 18 heavy (non-hydrogen) atoms. The molecule has 1 aromatic heterocycles. The van der Waals surface area contributed by atoms with Gasteiger partial charge in [-0.2, -0.15) is 5.10 Å². The molecule has 2 rings (SSSR count). The lowest BCUT2D eigenvalue weighted by Crippen LogP contribution is -2.45. The largest absolute Gasteiger partial charge is 0.294 e. The van der Waals surface area contributed by atoms with Gasteiger partial charge in [0.25, 0.3) is 0 Å². The molecule has 102 valence electrons. The van der Waals surface area contributed by atoms with Crippen LogP contribution >= 0.6 is 15.9 Å². The molecule has 0 spiro atoms. The van der Waals surface area contributed by atoms with Crippen LogP contribution in [0.1, 0.15) is 38.6 Å². The number of piperidine rings is 1. The second-order valence-electron chi connectivity index (χ2n) is 5.96. The van der Waals surface area contributed by atoms with Crippen LogP contribution in [0.5, 0.6) is 0 Å². The third kappa shape index (κ3) is 2.64. The van der Waals surface area contributed by atoms with Crippen LogP contribution in [0.2, 0.25) is 0 Å². The Hall–Kier alpha value is -0.350. The van der Waals surface area contributed by atoms with Crippen LogP contribution in [0.3, 0.4) is 0 Å². The first-order valence-electron chi connectivity index (χ1n) is 6.82. The Morgan fingerprint density at radius 2 is 2.00 bits per heavy atom. The minimum Gasteiger partial charge on any atom is -0.294 e. The summed E-state index contributed by atoms with van der Waals surface area (Å²) in [6, 6.07) is 0.656. The SMILES string of the molecule is Cc1nn(C)c(CN2CC(C)CC(C)C2C)c1Br. The Labute approximate surface area is 119 Å². The molecule has 1 aliphatic rings. The van der Waals surface area contributed by atoms with Crippen molar-refractivity contribution in [2.24, 2.45) is 18.9 Å². The summed E-state index contributed by atoms with van der Waals surface area (Å²) in [5.41, 5.74) is 2.37. The predicted octanol–water partition coefficient (Wildman–Crippen LogP) is 3.36. The second kappa shape index (κ2) is 5.33. The van der Waals surface area contributed by atoms with Crippen molar-refractivity contribution in [2.45, 2.75) is 46.7 Å². The predicted molar refractivity (Wildman–Crippen MR) is 78.5 cm³/mol. The highest BCUT2D eigenvalue weighted by atomic mass is 79.9. The first kappa shape index (κ1) is 14.1. The summed E-state index contributed by atoms with van der Waals surface area (Å²) in [7, 11) is 2.04. The molecule has 1 aliphatic heterocycles. The fourth-order valence-electron chi connectivity index (χ4n) is 3.09. The zero-order valence-electron chi connectivity index (χ0n) is 12.1. The zero-order chi connectivity index (χ0) is 13.4. The molecule has 3 atom stereocenters. The Bertz CT molecular complexity index is 427. The molecule has 0 aliphatic carbocycles. The number of hydrogen-bond donors (Lipinski definition) is 0. The Morgan fingerprint density at radius 1 is 1.33 bits per heavy atom. The van der Waals surface area contributed by atoms with E-state index in [4.69, 9.17) is 0 Å². The van der Waals surface area contributed by atoms with Gasteiger partial charge in [-0.15, -0.1) is 0 Å². The van der Waals surface area contributed by atoms with Crippen LogP contribution < -0.4 is 0 Å². The van der Waals surface area contributed by atoms with Crippen LogP contribution in [-0.2, 0) is 13.6 Å². The topological polar surface area (TPSA) is 21.1 Å². The van der Waals surface area contributed by atoms with Gasteiger partial charge in [0.1, 0.15) is 0 Å². The Kier molecular flexibility index (Phi) is 4.17. The average Bonchev–Trinajstić information content (AvgIpc) is 2.52. The summed E-state index contributed by atoms with van der Waals surface area (Å²) >= 11 is 3.67. The van der Waals surface area contributed by atoms with Gasteiger partial charge in [-0.05, 0) is 48.0 Å². The van der Waals surface area contributed by atoms with E-state index in [1.165, 1.54) is 23.1 Å². The number of likely N-dealkylation sites (tertiary alicyclic amines) is 1. The minimum atomic E-state index is 0.656. The van der Waals surface area contributed by atoms with Gasteiger partial charge in [0.15, 0.2) is 0 Å². The van der Waals surface area contributed by atoms with E-state index in [1.54, 1.807) is 0 Å². The molecule has 0 aromatic carbocycles. The molecule has 1 fully saturated rings. The lowest BCUT2D eigenvalue weighted by atomic mass is 9.86. The van der Waals surface area contributed by atoms with E-state index in [0.717, 1.165) is 24.1 Å². The highest BCUT2D eigenvalue weighted by molar-refractivity contribution is 9.10. The molecule has 0 saturated carbocycles. The molecule has 1 saturated heterocycles. The van der Waals surface area contributed by atoms with Crippen molar-refractivity contribution >= 4 is 15.9 Å². The smallest absolute Gasteiger partial charge is 0.0739 e. The van der Waals surface area contributed by atoms with E-state index in [1.807, 2.05) is 11.7 Å². The second-order valence-corrected chi connectivity index (χ2v) is 6.75. The standard InChI is InChI=1S/C14H24BrN3/c1-9-6-10(2)12(4)18(7-9)8-13-14(15)11(3)16-17(13)5/h9-10,12H,6-8H2,1-5H3. The van der Waals surface area contributed by atoms with Crippen molar-refractivity contribution < 1.29 is 0 Å². The van der Waals surface area contributed by atoms with E-state index in [9.17, 15) is 0 Å². The van der Waals surface area contributed by atoms with Crippen LogP contribution in [0.15, 0.2) is 4.47 Å². The molecule has 1 aromatic rings. The van der Waals surface area contributed by atoms with E-state index < -0.39 is 0 Å². The van der Waals surface area contributed by atoms with E-state index >= 15 is 0 Å². The van der Waals surface area contributed by atoms with Crippen LogP contribution in [0.4, 0.5) is 0 Å². The number of nitrogens with zero attached hydrogens (tertiary/aromatic N) is 3. The molecule has 4 heteroatoms. The van der Waals surface area contributed by atoms with Gasteiger partial charge >= 0.3 is 0 Å². The van der Waals surface area contributed by atoms with E-state index in [0.29, 0.717) is 6.04 Å². The molecule has 0 radical (unpaired) electrons. The van der Waals surface area contributed by atoms with Gasteiger partial charge in [0.2, 0.25) is 0 Å². The number of aryl methyl sites for hydroxylation is 2. The number of rotatable bonds is 2. The summed E-state index contributed by atoms with van der Waals surface area (Å²) in [5, 5.41) is 4.48. The molecular formula is C14H24BrN3. The molecule has 0 bridgehead atoms. The minimum absolute atomic E-state index is 0.656. The molecule has 0 amide bonds. The maximum atomic E-state index is 4.48. The van der Waals surface area contributed by atoms with Gasteiger partial charge in [0, 0.05) is 26.2 Å². The monoisotopic (exact) mass is 313 g/mol. The first-order valence-corrected chi connectivity index (χ1v) is 7.61. The van der Waals surface area contributed by atoms with E-state index in [2.05, 4.69) is 53.6 Å². The normalized spacial score (nSPS) is 29.8. The summed E-state index contributed by atoms with van der Waals surface area (Å²) in [5.74, 6) is 1.58. The number of halogens is 1. The van der Waals surface area contributed by atoms with Gasteiger partial charge in [-0.3, -0.25) is 9.58 Å². The molecule has 0 N–H and O–H groups in total. The van der Waals surface area contributed by atoms with Gasteiger partial charge < -0.3 is 0 Å². The van der Waals surface area contributed by atoms with Gasteiger partial charge in [0.05, 0.1) is 15.9 Å². The highest BCUT2D eigenvalue weighted by Gasteiger charge is 2.29. The maximum Gasteiger partial charge on any atom is 0.0739 e. The van der Waals surface area contributed by atoms with Gasteiger partial charge in [-0.25, -0.2) is 0 Å². The molecule has 2 heterocycles. The first-order chi connectivity index (χ1) is 8.40. The third-order valence-corrected chi connectivity index (χ3v) is 5.37. The summed E-state index contributed by atoms with van der Waals surface area (Å²) in [6.45, 7) is 11.3. The van der Waals surface area contributed by atoms with Gasteiger partial charge in [-0.1, -0.05) is 13.8 Å². The lowest BCUT2D eigenvalue weighted by molar-refractivity contribution is 0.0706. The van der Waals surface area contributed by atoms with Crippen molar-refractivity contribution in [2.75, 3.05) is 6.54 Å². The third-order valence-electron chi connectivity index (χ3n) is 4.33. The Balaban J connectivity index is 2.17. The quantitative estimate of drug-likeness (QED) is 0.835. The Morgan fingerprint density at radius 3 is 2.56 bits per heavy atom. The number of hydrogen-bond acceptors (Lipinski definition) is 2. The van der Waals surface area contributed by atoms with Crippen molar-refractivity contribution in [1.29, 1.82) is 0 Å². The highest BCUT2D eigenvalue weighted by Crippen LogP contribution is 2.30. The van der Waals surface area contributed by atoms with Crippen molar-refractivity contribution in [3.63, 3.8) is 0 Å². The lowest BCUT2D eigenvalue weighted by Gasteiger charge is -2.41. The molecule has 3 unspecified atom stereocenters. The summed E-state index contributed by atoms with van der Waals surface area (Å²) < 4.78 is 3.18.